The number of ether oxygens (including phenoxy) is 2. The van der Waals surface area contributed by atoms with Gasteiger partial charge < -0.3 is 20.1 Å². The number of anilines is 2. The zero-order valence-electron chi connectivity index (χ0n) is 25.3. The third kappa shape index (κ3) is 11.4. The molecule has 0 saturated heterocycles. The van der Waals surface area contributed by atoms with Gasteiger partial charge in [0, 0.05) is 23.8 Å². The Morgan fingerprint density at radius 3 is 2.17 bits per heavy atom. The molecule has 41 heavy (non-hydrogen) atoms. The van der Waals surface area contributed by atoms with Crippen LogP contribution in [0.1, 0.15) is 101 Å². The molecular formula is C34H47N3O4. The first-order valence-electron chi connectivity index (χ1n) is 15.1. The molecule has 0 unspecified atom stereocenters. The number of benzene rings is 2. The average molecular weight is 562 g/mol. The molecule has 3 rings (SSSR count). The lowest BCUT2D eigenvalue weighted by molar-refractivity contribution is 0.0516. The lowest BCUT2D eigenvalue weighted by atomic mass is 10.0. The number of esters is 1. The van der Waals surface area contributed by atoms with Crippen molar-refractivity contribution in [3.63, 3.8) is 0 Å². The van der Waals surface area contributed by atoms with Gasteiger partial charge in [-0.25, -0.2) is 9.59 Å². The fraction of sp³-hybridized carbons (Fsp3) is 0.500. The molecule has 0 aliphatic rings. The summed E-state index contributed by atoms with van der Waals surface area (Å²) < 4.78 is 10.6. The molecule has 0 fully saturated rings. The van der Waals surface area contributed by atoms with Gasteiger partial charge in [-0.3, -0.25) is 4.98 Å². The van der Waals surface area contributed by atoms with Gasteiger partial charge in [0.25, 0.3) is 0 Å². The van der Waals surface area contributed by atoms with Gasteiger partial charge in [0.1, 0.15) is 11.2 Å². The van der Waals surface area contributed by atoms with Gasteiger partial charge in [0.15, 0.2) is 0 Å². The highest BCUT2D eigenvalue weighted by atomic mass is 16.6. The van der Waals surface area contributed by atoms with Crippen LogP contribution in [0.15, 0.2) is 54.7 Å². The molecule has 222 valence electrons. The minimum atomic E-state index is -0.448. The number of unbranched alkanes of at least 4 members (excludes halogenated alkanes) is 8. The predicted molar refractivity (Wildman–Crippen MR) is 167 cm³/mol. The van der Waals surface area contributed by atoms with Crippen molar-refractivity contribution in [3.05, 3.63) is 65.9 Å². The van der Waals surface area contributed by atoms with Crippen LogP contribution in [-0.4, -0.2) is 35.8 Å². The summed E-state index contributed by atoms with van der Waals surface area (Å²) in [4.78, 5) is 28.9. The maximum Gasteiger partial charge on any atom is 0.407 e. The number of amides is 1. The van der Waals surface area contributed by atoms with E-state index in [4.69, 9.17) is 9.47 Å². The minimum absolute atomic E-state index is 0.315. The molecule has 7 nitrogen and oxygen atoms in total. The zero-order valence-corrected chi connectivity index (χ0v) is 25.3. The van der Waals surface area contributed by atoms with Crippen LogP contribution in [0.4, 0.5) is 16.2 Å². The van der Waals surface area contributed by atoms with Crippen molar-refractivity contribution >= 4 is 34.3 Å². The number of rotatable bonds is 16. The van der Waals surface area contributed by atoms with E-state index in [-0.39, 0.29) is 12.1 Å². The number of aromatic nitrogens is 1. The van der Waals surface area contributed by atoms with Crippen LogP contribution in [0.25, 0.3) is 10.9 Å². The highest BCUT2D eigenvalue weighted by Gasteiger charge is 2.18. The quantitative estimate of drug-likeness (QED) is 0.134. The van der Waals surface area contributed by atoms with Crippen LogP contribution in [0.2, 0.25) is 0 Å². The number of carbonyl (C=O) groups excluding carboxylic acids is 2. The van der Waals surface area contributed by atoms with Gasteiger partial charge in [-0.1, -0.05) is 69.2 Å². The van der Waals surface area contributed by atoms with Crippen LogP contribution >= 0.6 is 0 Å². The molecule has 0 atom stereocenters. The van der Waals surface area contributed by atoms with Crippen molar-refractivity contribution < 1.29 is 19.1 Å². The number of aryl methyl sites for hydroxylation is 1. The number of para-hydroxylation sites is 1. The topological polar surface area (TPSA) is 89.5 Å². The highest BCUT2D eigenvalue weighted by molar-refractivity contribution is 6.06. The van der Waals surface area contributed by atoms with E-state index in [1.807, 2.05) is 64.1 Å². The zero-order chi connectivity index (χ0) is 29.5. The Labute approximate surface area is 245 Å². The van der Waals surface area contributed by atoms with E-state index in [9.17, 15) is 9.59 Å². The standard InChI is InChI=1S/C34H47N3O4/c1-5-40-32(38)29-25-36-30-22-21-26(24-28(30)31(29)37-27-19-15-13-16-20-27)18-14-11-9-7-6-8-10-12-17-23-35-33(39)41-34(2,3)4/h13,15-16,19-22,24-25H,5-12,14,17-18,23H2,1-4H3,(H,35,39)(H,36,37). The van der Waals surface area contributed by atoms with Crippen LogP contribution in [0.3, 0.4) is 0 Å². The molecule has 1 heterocycles. The summed E-state index contributed by atoms with van der Waals surface area (Å²) >= 11 is 0. The summed E-state index contributed by atoms with van der Waals surface area (Å²) in [6.07, 6.45) is 12.9. The number of nitrogens with one attached hydrogen (secondary N) is 2. The van der Waals surface area contributed by atoms with E-state index < -0.39 is 5.60 Å². The molecular weight excluding hydrogens is 514 g/mol. The summed E-state index contributed by atoms with van der Waals surface area (Å²) in [6, 6.07) is 16.2. The van der Waals surface area contributed by atoms with Crippen LogP contribution in [0, 0.1) is 0 Å². The second-order valence-corrected chi connectivity index (χ2v) is 11.5. The van der Waals surface area contributed by atoms with E-state index in [0.717, 1.165) is 48.0 Å². The summed E-state index contributed by atoms with van der Waals surface area (Å²) in [6.45, 7) is 8.42. The van der Waals surface area contributed by atoms with E-state index >= 15 is 0 Å². The largest absolute Gasteiger partial charge is 0.462 e. The number of hydrogen-bond acceptors (Lipinski definition) is 6. The van der Waals surface area contributed by atoms with Gasteiger partial charge in [-0.05, 0) is 76.8 Å². The molecule has 0 bridgehead atoms. The monoisotopic (exact) mass is 561 g/mol. The molecule has 0 spiro atoms. The fourth-order valence-electron chi connectivity index (χ4n) is 4.76. The first-order valence-corrected chi connectivity index (χ1v) is 15.1. The van der Waals surface area contributed by atoms with E-state index in [1.165, 1.54) is 44.1 Å². The van der Waals surface area contributed by atoms with Gasteiger partial charge in [0.2, 0.25) is 0 Å². The molecule has 2 aromatic carbocycles. The van der Waals surface area contributed by atoms with Crippen molar-refractivity contribution in [2.75, 3.05) is 18.5 Å². The summed E-state index contributed by atoms with van der Waals surface area (Å²) in [5.74, 6) is -0.372. The van der Waals surface area contributed by atoms with E-state index in [1.54, 1.807) is 6.20 Å². The lowest BCUT2D eigenvalue weighted by Crippen LogP contribution is -2.32. The smallest absolute Gasteiger partial charge is 0.407 e. The molecule has 0 aliphatic carbocycles. The van der Waals surface area contributed by atoms with E-state index in [0.29, 0.717) is 18.7 Å². The number of carbonyl (C=O) groups is 2. The molecule has 3 aromatic rings. The Morgan fingerprint density at radius 1 is 0.854 bits per heavy atom. The lowest BCUT2D eigenvalue weighted by Gasteiger charge is -2.19. The molecule has 2 N–H and O–H groups in total. The fourth-order valence-corrected chi connectivity index (χ4v) is 4.76. The Bertz CT molecular complexity index is 1240. The van der Waals surface area contributed by atoms with Crippen LogP contribution in [-0.2, 0) is 15.9 Å². The Balaban J connectivity index is 1.41. The second-order valence-electron chi connectivity index (χ2n) is 11.5. The van der Waals surface area contributed by atoms with E-state index in [2.05, 4.69) is 27.8 Å². The normalized spacial score (nSPS) is 11.3. The van der Waals surface area contributed by atoms with Crippen LogP contribution in [0.5, 0.6) is 0 Å². The molecule has 0 aliphatic heterocycles. The van der Waals surface area contributed by atoms with Crippen molar-refractivity contribution in [1.82, 2.24) is 10.3 Å². The highest BCUT2D eigenvalue weighted by Crippen LogP contribution is 2.31. The van der Waals surface area contributed by atoms with Gasteiger partial charge in [-0.15, -0.1) is 0 Å². The Hall–Kier alpha value is -3.61. The van der Waals surface area contributed by atoms with Gasteiger partial charge >= 0.3 is 12.1 Å². The predicted octanol–water partition coefficient (Wildman–Crippen LogP) is 8.73. The minimum Gasteiger partial charge on any atom is -0.462 e. The first kappa shape index (κ1) is 31.9. The summed E-state index contributed by atoms with van der Waals surface area (Å²) in [5.41, 5.74) is 3.74. The van der Waals surface area contributed by atoms with Gasteiger partial charge in [-0.2, -0.15) is 0 Å². The van der Waals surface area contributed by atoms with Crippen molar-refractivity contribution in [3.8, 4) is 0 Å². The number of alkyl carbamates (subject to hydrolysis) is 1. The van der Waals surface area contributed by atoms with Crippen molar-refractivity contribution in [2.45, 2.75) is 97.5 Å². The van der Waals surface area contributed by atoms with Crippen molar-refractivity contribution in [1.29, 1.82) is 0 Å². The molecule has 0 saturated carbocycles. The number of nitrogens with zero attached hydrogens (tertiary/aromatic N) is 1. The van der Waals surface area contributed by atoms with Crippen molar-refractivity contribution in [2.24, 2.45) is 0 Å². The summed E-state index contributed by atoms with van der Waals surface area (Å²) in [5, 5.41) is 7.20. The van der Waals surface area contributed by atoms with Crippen LogP contribution < -0.4 is 10.6 Å². The Kier molecular flexibility index (Phi) is 12.9. The number of hydrogen-bond donors (Lipinski definition) is 2. The average Bonchev–Trinajstić information content (AvgIpc) is 2.93. The first-order chi connectivity index (χ1) is 19.8. The molecule has 0 radical (unpaired) electrons. The number of pyridine rings is 1. The maximum atomic E-state index is 12.7. The Morgan fingerprint density at radius 2 is 1.51 bits per heavy atom. The summed E-state index contributed by atoms with van der Waals surface area (Å²) in [7, 11) is 0. The third-order valence-electron chi connectivity index (χ3n) is 6.78. The third-order valence-corrected chi connectivity index (χ3v) is 6.78. The molecule has 1 amide bonds. The number of fused-ring (bicyclic) bond motifs is 1. The second kappa shape index (κ2) is 16.6. The molecule has 7 heteroatoms. The molecule has 1 aromatic heterocycles. The van der Waals surface area contributed by atoms with Gasteiger partial charge in [0.05, 0.1) is 17.8 Å². The maximum absolute atomic E-state index is 12.7. The SMILES string of the molecule is CCOC(=O)c1cnc2ccc(CCCCCCCCCCCNC(=O)OC(C)(C)C)cc2c1Nc1ccccc1.